The van der Waals surface area contributed by atoms with E-state index in [9.17, 15) is 4.79 Å². The lowest BCUT2D eigenvalue weighted by Gasteiger charge is -1.91. The molecule has 0 saturated heterocycles. The topological polar surface area (TPSA) is 63.1 Å². The number of rotatable bonds is 0. The van der Waals surface area contributed by atoms with Crippen molar-refractivity contribution in [2.45, 2.75) is 41.5 Å². The first-order chi connectivity index (χ1) is 7.70. The molecule has 0 bridgehead atoms. The van der Waals surface area contributed by atoms with Gasteiger partial charge in [-0.05, 0) is 13.8 Å². The van der Waals surface area contributed by atoms with Crippen LogP contribution in [0.3, 0.4) is 0 Å². The molecule has 1 N–H and O–H groups in total. The van der Waals surface area contributed by atoms with Gasteiger partial charge >= 0.3 is 0 Å². The second kappa shape index (κ2) is 6.76. The largest absolute Gasteiger partial charge is 0.310 e. The van der Waals surface area contributed by atoms with E-state index in [0.29, 0.717) is 11.2 Å². The minimum atomic E-state index is -0.150. The molecule has 2 heterocycles. The van der Waals surface area contributed by atoms with Gasteiger partial charge in [-0.2, -0.15) is 5.10 Å². The van der Waals surface area contributed by atoms with Gasteiger partial charge < -0.3 is 4.98 Å². The quantitative estimate of drug-likeness (QED) is 0.745. The predicted octanol–water partition coefficient (Wildman–Crippen LogP) is 2.09. The molecule has 5 heteroatoms. The summed E-state index contributed by atoms with van der Waals surface area (Å²) in [6.45, 7) is 11.6. The van der Waals surface area contributed by atoms with Gasteiger partial charge in [-0.3, -0.25) is 4.79 Å². The number of fused-ring (bicyclic) bond motifs is 1. The van der Waals surface area contributed by atoms with E-state index in [1.54, 1.807) is 6.92 Å². The average Bonchev–Trinajstić information content (AvgIpc) is 2.61. The van der Waals surface area contributed by atoms with E-state index in [1.165, 1.54) is 10.8 Å². The Hall–Kier alpha value is -1.65. The lowest BCUT2D eigenvalue weighted by molar-refractivity contribution is 0.842. The number of H-pyrrole nitrogens is 1. The van der Waals surface area contributed by atoms with Crippen molar-refractivity contribution in [2.24, 2.45) is 0 Å². The van der Waals surface area contributed by atoms with E-state index < -0.39 is 0 Å². The van der Waals surface area contributed by atoms with Gasteiger partial charge in [0.2, 0.25) is 0 Å². The van der Waals surface area contributed by atoms with Crippen LogP contribution in [0.25, 0.3) is 5.52 Å². The van der Waals surface area contributed by atoms with Crippen LogP contribution in [-0.4, -0.2) is 19.6 Å². The van der Waals surface area contributed by atoms with E-state index in [2.05, 4.69) is 15.1 Å². The van der Waals surface area contributed by atoms with E-state index >= 15 is 0 Å². The molecule has 90 valence electrons. The molecule has 0 aromatic carbocycles. The van der Waals surface area contributed by atoms with Gasteiger partial charge in [0, 0.05) is 0 Å². The van der Waals surface area contributed by atoms with Crippen molar-refractivity contribution in [3.05, 3.63) is 28.2 Å². The lowest BCUT2D eigenvalue weighted by atomic mass is 10.4. The van der Waals surface area contributed by atoms with Gasteiger partial charge in [-0.25, -0.2) is 9.50 Å². The van der Waals surface area contributed by atoms with Crippen LogP contribution in [0.4, 0.5) is 0 Å². The van der Waals surface area contributed by atoms with Gasteiger partial charge in [0.1, 0.15) is 12.2 Å². The Morgan fingerprint density at radius 3 is 2.25 bits per heavy atom. The molecule has 2 aromatic rings. The molecule has 0 saturated carbocycles. The number of nitrogens with one attached hydrogen (secondary N) is 1. The van der Waals surface area contributed by atoms with Crippen molar-refractivity contribution in [2.75, 3.05) is 0 Å². The Kier molecular flexibility index (Phi) is 6.07. The minimum Gasteiger partial charge on any atom is -0.310 e. The zero-order chi connectivity index (χ0) is 12.7. The molecule has 0 aliphatic rings. The molecule has 0 atom stereocenters. The highest BCUT2D eigenvalue weighted by Crippen LogP contribution is 2.03. The Balaban J connectivity index is 0.000000509. The number of hydrogen-bond donors (Lipinski definition) is 1. The maximum Gasteiger partial charge on any atom is 0.277 e. The third-order valence-corrected chi connectivity index (χ3v) is 1.77. The monoisotopic (exact) mass is 224 g/mol. The second-order valence-corrected chi connectivity index (χ2v) is 2.62. The SMILES string of the molecule is CC.CC.Cc1nc(C)n2nc[nH]c(=O)c12. The molecule has 16 heavy (non-hydrogen) atoms. The van der Waals surface area contributed by atoms with Crippen molar-refractivity contribution in [1.29, 1.82) is 0 Å². The molecule has 0 radical (unpaired) electrons. The second-order valence-electron chi connectivity index (χ2n) is 2.62. The fourth-order valence-electron chi connectivity index (χ4n) is 1.27. The Morgan fingerprint density at radius 1 is 1.19 bits per heavy atom. The number of aryl methyl sites for hydroxylation is 2. The third kappa shape index (κ3) is 2.68. The molecular formula is C11H20N4O. The van der Waals surface area contributed by atoms with Gasteiger partial charge in [0.15, 0.2) is 5.52 Å². The van der Waals surface area contributed by atoms with Crippen LogP contribution in [0.1, 0.15) is 39.2 Å². The first-order valence-corrected chi connectivity index (χ1v) is 5.60. The van der Waals surface area contributed by atoms with E-state index in [1.807, 2.05) is 34.6 Å². The van der Waals surface area contributed by atoms with Gasteiger partial charge in [0.25, 0.3) is 5.56 Å². The Labute approximate surface area is 95.5 Å². The summed E-state index contributed by atoms with van der Waals surface area (Å²) in [5, 5.41) is 3.96. The number of nitrogens with zero attached hydrogens (tertiary/aromatic N) is 3. The molecule has 0 amide bonds. The van der Waals surface area contributed by atoms with Crippen LogP contribution in [0.5, 0.6) is 0 Å². The van der Waals surface area contributed by atoms with Gasteiger partial charge in [-0.15, -0.1) is 0 Å². The molecule has 0 aliphatic heterocycles. The van der Waals surface area contributed by atoms with E-state index in [4.69, 9.17) is 0 Å². The molecule has 0 fully saturated rings. The van der Waals surface area contributed by atoms with Crippen molar-refractivity contribution in [3.63, 3.8) is 0 Å². The highest BCUT2D eigenvalue weighted by atomic mass is 16.1. The summed E-state index contributed by atoms with van der Waals surface area (Å²) in [6, 6.07) is 0. The van der Waals surface area contributed by atoms with Crippen LogP contribution in [0.2, 0.25) is 0 Å². The maximum atomic E-state index is 11.3. The molecule has 2 rings (SSSR count). The average molecular weight is 224 g/mol. The smallest absolute Gasteiger partial charge is 0.277 e. The highest BCUT2D eigenvalue weighted by molar-refractivity contribution is 5.48. The minimum absolute atomic E-state index is 0.150. The van der Waals surface area contributed by atoms with Crippen molar-refractivity contribution < 1.29 is 0 Å². The maximum absolute atomic E-state index is 11.3. The van der Waals surface area contributed by atoms with Crippen LogP contribution >= 0.6 is 0 Å². The Morgan fingerprint density at radius 2 is 1.75 bits per heavy atom. The first kappa shape index (κ1) is 14.3. The summed E-state index contributed by atoms with van der Waals surface area (Å²) >= 11 is 0. The van der Waals surface area contributed by atoms with E-state index in [0.717, 1.165) is 5.82 Å². The number of imidazole rings is 1. The van der Waals surface area contributed by atoms with Crippen LogP contribution < -0.4 is 5.56 Å². The fraction of sp³-hybridized carbons (Fsp3) is 0.545. The normalized spacial score (nSPS) is 8.88. The summed E-state index contributed by atoms with van der Waals surface area (Å²) in [4.78, 5) is 17.9. The van der Waals surface area contributed by atoms with Crippen molar-refractivity contribution in [1.82, 2.24) is 19.6 Å². The van der Waals surface area contributed by atoms with E-state index in [-0.39, 0.29) is 5.56 Å². The fourth-order valence-corrected chi connectivity index (χ4v) is 1.27. The van der Waals surface area contributed by atoms with Gasteiger partial charge in [0.05, 0.1) is 5.69 Å². The number of aromatic nitrogens is 4. The van der Waals surface area contributed by atoms with Crippen LogP contribution in [-0.2, 0) is 0 Å². The first-order valence-electron chi connectivity index (χ1n) is 5.60. The third-order valence-electron chi connectivity index (χ3n) is 1.77. The summed E-state index contributed by atoms with van der Waals surface area (Å²) < 4.78 is 1.54. The zero-order valence-corrected chi connectivity index (χ0v) is 10.8. The molecule has 0 unspecified atom stereocenters. The molecule has 5 nitrogen and oxygen atoms in total. The number of hydrogen-bond acceptors (Lipinski definition) is 3. The zero-order valence-electron chi connectivity index (χ0n) is 10.8. The molecule has 0 spiro atoms. The van der Waals surface area contributed by atoms with Gasteiger partial charge in [-0.1, -0.05) is 27.7 Å². The van der Waals surface area contributed by atoms with Crippen LogP contribution in [0.15, 0.2) is 11.1 Å². The van der Waals surface area contributed by atoms with Crippen LogP contribution in [0, 0.1) is 13.8 Å². The predicted molar refractivity (Wildman–Crippen MR) is 65.8 cm³/mol. The highest BCUT2D eigenvalue weighted by Gasteiger charge is 2.07. The molecule has 0 aliphatic carbocycles. The van der Waals surface area contributed by atoms with Crippen molar-refractivity contribution >= 4 is 5.52 Å². The lowest BCUT2D eigenvalue weighted by Crippen LogP contribution is -2.11. The number of aromatic amines is 1. The molecule has 2 aromatic heterocycles. The summed E-state index contributed by atoms with van der Waals surface area (Å²) in [7, 11) is 0. The summed E-state index contributed by atoms with van der Waals surface area (Å²) in [5.41, 5.74) is 1.08. The van der Waals surface area contributed by atoms with Crippen molar-refractivity contribution in [3.8, 4) is 0 Å². The summed E-state index contributed by atoms with van der Waals surface area (Å²) in [5.74, 6) is 0.730. The standard InChI is InChI=1S/C7H8N4O.2C2H6/c1-4-6-7(12)8-3-9-11(6)5(2)10-4;2*1-2/h3H,1-2H3,(H,8,9,12);2*1-2H3. The molecular weight excluding hydrogens is 204 g/mol. The summed E-state index contributed by atoms with van der Waals surface area (Å²) in [6.07, 6.45) is 1.36. The Bertz CT molecular complexity index is 484.